The lowest BCUT2D eigenvalue weighted by molar-refractivity contribution is -0.149. The van der Waals surface area contributed by atoms with Crippen molar-refractivity contribution in [2.45, 2.75) is 37.2 Å². The van der Waals surface area contributed by atoms with Crippen molar-refractivity contribution in [2.24, 2.45) is 0 Å². The number of ether oxygens (including phenoxy) is 1. The average molecular weight is 362 g/mol. The minimum atomic E-state index is -4.04. The molecule has 0 saturated carbocycles. The summed E-state index contributed by atoms with van der Waals surface area (Å²) < 4.78 is 34.9. The number of aryl methyl sites for hydroxylation is 2. The summed E-state index contributed by atoms with van der Waals surface area (Å²) in [5.41, 5.74) is 1.68. The lowest BCUT2D eigenvalue weighted by atomic mass is 10.1. The molecule has 2 rings (SSSR count). The third-order valence-corrected chi connectivity index (χ3v) is 5.33. The Morgan fingerprint density at radius 3 is 2.32 bits per heavy atom. The number of hydrogen-bond acceptors (Lipinski definition) is 5. The van der Waals surface area contributed by atoms with Gasteiger partial charge in [-0.3, -0.25) is 4.18 Å². The van der Waals surface area contributed by atoms with E-state index < -0.39 is 22.2 Å². The van der Waals surface area contributed by atoms with Crippen molar-refractivity contribution < 1.29 is 22.1 Å². The second-order valence-corrected chi connectivity index (χ2v) is 7.25. The van der Waals surface area contributed by atoms with E-state index in [-0.39, 0.29) is 11.3 Å². The SMILES string of the molecule is COC(=O)[C@@H](CCCc1ccccc1)OS(=O)(=O)c1ccccc1C. The molecular weight excluding hydrogens is 340 g/mol. The van der Waals surface area contributed by atoms with Crippen LogP contribution in [0, 0.1) is 6.92 Å². The maximum atomic E-state index is 12.5. The number of hydrogen-bond donors (Lipinski definition) is 0. The topological polar surface area (TPSA) is 69.7 Å². The van der Waals surface area contributed by atoms with E-state index in [9.17, 15) is 13.2 Å². The summed E-state index contributed by atoms with van der Waals surface area (Å²) in [5, 5.41) is 0. The van der Waals surface area contributed by atoms with Gasteiger partial charge in [-0.15, -0.1) is 0 Å². The van der Waals surface area contributed by atoms with Crippen molar-refractivity contribution in [3.63, 3.8) is 0 Å². The first-order valence-electron chi connectivity index (χ1n) is 8.04. The molecule has 0 saturated heterocycles. The Morgan fingerprint density at radius 2 is 1.68 bits per heavy atom. The van der Waals surface area contributed by atoms with Crippen LogP contribution in [0.1, 0.15) is 24.0 Å². The first-order chi connectivity index (χ1) is 11.9. The summed E-state index contributed by atoms with van der Waals surface area (Å²) in [6.07, 6.45) is 0.431. The van der Waals surface area contributed by atoms with Gasteiger partial charge < -0.3 is 4.74 Å². The molecule has 134 valence electrons. The van der Waals surface area contributed by atoms with Crippen molar-refractivity contribution >= 4 is 16.1 Å². The standard InChI is InChI=1S/C19H22O5S/c1-15-9-6-7-14-18(15)25(21,22)24-17(19(20)23-2)13-8-12-16-10-4-3-5-11-16/h3-7,9-11,14,17H,8,12-13H2,1-2H3/t17-/m1/s1. The van der Waals surface area contributed by atoms with E-state index in [1.54, 1.807) is 25.1 Å². The minimum Gasteiger partial charge on any atom is -0.467 e. The smallest absolute Gasteiger partial charge is 0.336 e. The number of benzene rings is 2. The fourth-order valence-electron chi connectivity index (χ4n) is 2.51. The van der Waals surface area contributed by atoms with Crippen LogP contribution in [0.25, 0.3) is 0 Å². The molecule has 2 aromatic carbocycles. The Labute approximate surface area is 148 Å². The molecule has 0 N–H and O–H groups in total. The molecule has 1 atom stereocenters. The van der Waals surface area contributed by atoms with Crippen molar-refractivity contribution in [1.82, 2.24) is 0 Å². The monoisotopic (exact) mass is 362 g/mol. The molecule has 25 heavy (non-hydrogen) atoms. The molecule has 0 aliphatic carbocycles. The Bertz CT molecular complexity index is 800. The maximum absolute atomic E-state index is 12.5. The lowest BCUT2D eigenvalue weighted by Crippen LogP contribution is -2.29. The van der Waals surface area contributed by atoms with Crippen LogP contribution >= 0.6 is 0 Å². The molecule has 0 bridgehead atoms. The second kappa shape index (κ2) is 8.78. The van der Waals surface area contributed by atoms with Crippen molar-refractivity contribution in [2.75, 3.05) is 7.11 Å². The Kier molecular flexibility index (Phi) is 6.73. The predicted molar refractivity (Wildman–Crippen MR) is 94.6 cm³/mol. The van der Waals surface area contributed by atoms with Gasteiger partial charge in [0.05, 0.1) is 12.0 Å². The zero-order valence-corrected chi connectivity index (χ0v) is 15.2. The fourth-order valence-corrected chi connectivity index (χ4v) is 3.81. The molecule has 0 heterocycles. The van der Waals surface area contributed by atoms with Gasteiger partial charge in [-0.25, -0.2) is 4.79 Å². The molecule has 6 heteroatoms. The summed E-state index contributed by atoms with van der Waals surface area (Å²) in [7, 11) is -2.82. The van der Waals surface area contributed by atoms with Crippen molar-refractivity contribution in [3.8, 4) is 0 Å². The Morgan fingerprint density at radius 1 is 1.04 bits per heavy atom. The first kappa shape index (κ1) is 19.1. The Balaban J connectivity index is 2.07. The van der Waals surface area contributed by atoms with Crippen LogP contribution in [0.4, 0.5) is 0 Å². The molecule has 0 amide bonds. The second-order valence-electron chi connectivity index (χ2n) is 5.71. The van der Waals surface area contributed by atoms with Crippen LogP contribution in [-0.2, 0) is 30.3 Å². The molecule has 0 spiro atoms. The summed E-state index contributed by atoms with van der Waals surface area (Å²) >= 11 is 0. The maximum Gasteiger partial charge on any atom is 0.336 e. The number of rotatable bonds is 8. The highest BCUT2D eigenvalue weighted by atomic mass is 32.2. The van der Waals surface area contributed by atoms with E-state index in [4.69, 9.17) is 8.92 Å². The summed E-state index contributed by atoms with van der Waals surface area (Å²) in [6, 6.07) is 16.3. The molecular formula is C19H22O5S. The number of carbonyl (C=O) groups is 1. The molecule has 0 fully saturated rings. The normalized spacial score (nSPS) is 12.6. The molecule has 2 aromatic rings. The largest absolute Gasteiger partial charge is 0.467 e. The molecule has 0 radical (unpaired) electrons. The Hall–Kier alpha value is -2.18. The van der Waals surface area contributed by atoms with Crippen LogP contribution in [0.15, 0.2) is 59.5 Å². The van der Waals surface area contributed by atoms with Gasteiger partial charge in [0.25, 0.3) is 10.1 Å². The van der Waals surface area contributed by atoms with Gasteiger partial charge in [0.2, 0.25) is 0 Å². The molecule has 0 aliphatic rings. The van der Waals surface area contributed by atoms with Crippen LogP contribution < -0.4 is 0 Å². The molecule has 0 aromatic heterocycles. The zero-order chi connectivity index (χ0) is 18.3. The molecule has 0 aliphatic heterocycles. The fraction of sp³-hybridized carbons (Fsp3) is 0.316. The number of methoxy groups -OCH3 is 1. The van der Waals surface area contributed by atoms with Crippen molar-refractivity contribution in [1.29, 1.82) is 0 Å². The third-order valence-electron chi connectivity index (χ3n) is 3.84. The van der Waals surface area contributed by atoms with E-state index in [2.05, 4.69) is 0 Å². The number of carbonyl (C=O) groups excluding carboxylic acids is 1. The highest BCUT2D eigenvalue weighted by Crippen LogP contribution is 2.21. The summed E-state index contributed by atoms with van der Waals surface area (Å²) in [5.74, 6) is -0.690. The van der Waals surface area contributed by atoms with E-state index in [1.807, 2.05) is 30.3 Å². The molecule has 0 unspecified atom stereocenters. The van der Waals surface area contributed by atoms with E-state index in [0.717, 1.165) is 12.0 Å². The van der Waals surface area contributed by atoms with Gasteiger partial charge in [-0.2, -0.15) is 8.42 Å². The van der Waals surface area contributed by atoms with Crippen molar-refractivity contribution in [3.05, 3.63) is 65.7 Å². The summed E-state index contributed by atoms with van der Waals surface area (Å²) in [4.78, 5) is 12.0. The van der Waals surface area contributed by atoms with E-state index in [1.165, 1.54) is 13.2 Å². The lowest BCUT2D eigenvalue weighted by Gasteiger charge is -2.16. The highest BCUT2D eigenvalue weighted by Gasteiger charge is 2.28. The number of esters is 1. The zero-order valence-electron chi connectivity index (χ0n) is 14.3. The quantitative estimate of drug-likeness (QED) is 0.532. The predicted octanol–water partition coefficient (Wildman–Crippen LogP) is 3.26. The summed E-state index contributed by atoms with van der Waals surface area (Å²) in [6.45, 7) is 1.68. The molecule has 5 nitrogen and oxygen atoms in total. The van der Waals surface area contributed by atoms with Crippen LogP contribution in [-0.4, -0.2) is 27.6 Å². The first-order valence-corrected chi connectivity index (χ1v) is 9.45. The van der Waals surface area contributed by atoms with Crippen LogP contribution in [0.3, 0.4) is 0 Å². The van der Waals surface area contributed by atoms with E-state index in [0.29, 0.717) is 12.0 Å². The van der Waals surface area contributed by atoms with Gasteiger partial charge in [0, 0.05) is 0 Å². The van der Waals surface area contributed by atoms with Crippen LogP contribution in [0.2, 0.25) is 0 Å². The highest BCUT2D eigenvalue weighted by molar-refractivity contribution is 7.86. The van der Waals surface area contributed by atoms with Gasteiger partial charge in [0.15, 0.2) is 6.10 Å². The minimum absolute atomic E-state index is 0.0620. The van der Waals surface area contributed by atoms with E-state index >= 15 is 0 Å². The van der Waals surface area contributed by atoms with Gasteiger partial charge in [-0.1, -0.05) is 48.5 Å². The van der Waals surface area contributed by atoms with Gasteiger partial charge >= 0.3 is 5.97 Å². The average Bonchev–Trinajstić information content (AvgIpc) is 2.61. The third kappa shape index (κ3) is 5.41. The van der Waals surface area contributed by atoms with Crippen LogP contribution in [0.5, 0.6) is 0 Å². The van der Waals surface area contributed by atoms with Gasteiger partial charge in [0.1, 0.15) is 0 Å². The van der Waals surface area contributed by atoms with Gasteiger partial charge in [-0.05, 0) is 43.4 Å².